The first kappa shape index (κ1) is 25.2. The van der Waals surface area contributed by atoms with Crippen LogP contribution in [0.4, 0.5) is 10.9 Å². The van der Waals surface area contributed by atoms with E-state index in [9.17, 15) is 29.6 Å². The van der Waals surface area contributed by atoms with Gasteiger partial charge < -0.3 is 31.1 Å². The molecule has 4 N–H and O–H groups in total. The maximum Gasteiger partial charge on any atom is 0.352 e. The number of carboxylic acids is 1. The molecule has 2 aliphatic rings. The number of aliphatic carboxylic acids is 1. The zero-order valence-electron chi connectivity index (χ0n) is 19.5. The first-order valence-electron chi connectivity index (χ1n) is 10.9. The van der Waals surface area contributed by atoms with E-state index < -0.39 is 34.1 Å². The number of fused-ring (bicyclic) bond motifs is 2. The number of nitrogens with two attached hydrogens (primary N) is 1. The molecular formula is C21H19N8O7S2+. The summed E-state index contributed by atoms with van der Waals surface area (Å²) in [5, 5.41) is 28.5. The van der Waals surface area contributed by atoms with Gasteiger partial charge in [-0.1, -0.05) is 5.16 Å². The standard InChI is InChI=1S/C21H18N8O7S2/c1-36-25-14(12-9-38-21(22)23-12)17(30)24-15-18(31)28-16(20(32)33)10(8-37-19(15)28)6-26-4-5-27-11(7-26)2-3-13(27)29(34)35/h2-5,7,9,15,19H,6,8H2,1H3,(H3-,22,23,24,30,32,33)/p+1/t15-,19+/m1/s1. The zero-order valence-corrected chi connectivity index (χ0v) is 21.1. The predicted molar refractivity (Wildman–Crippen MR) is 134 cm³/mol. The van der Waals surface area contributed by atoms with Gasteiger partial charge in [0.2, 0.25) is 12.4 Å². The van der Waals surface area contributed by atoms with Gasteiger partial charge in [0.15, 0.2) is 29.1 Å². The molecule has 2 amide bonds. The molecule has 38 heavy (non-hydrogen) atoms. The van der Waals surface area contributed by atoms with Crippen LogP contribution >= 0.6 is 23.1 Å². The van der Waals surface area contributed by atoms with Crippen molar-refractivity contribution in [3.8, 4) is 0 Å². The summed E-state index contributed by atoms with van der Waals surface area (Å²) in [5.74, 6) is -2.38. The SMILES string of the molecule is CON=C(C(=O)N[C@@H]1C(=O)N2C(C(=O)O)=C(C[n+]3ccn4c([N+](=O)[O-])ccc4c3)CS[C@@H]12)c1csc(N)n1. The molecule has 0 saturated carbocycles. The lowest BCUT2D eigenvalue weighted by Gasteiger charge is -2.49. The van der Waals surface area contributed by atoms with Gasteiger partial charge in [0.05, 0.1) is 0 Å². The fraction of sp³-hybridized carbons (Fsp3) is 0.238. The van der Waals surface area contributed by atoms with E-state index in [1.165, 1.54) is 40.9 Å². The van der Waals surface area contributed by atoms with Crippen LogP contribution in [0.15, 0.2) is 52.5 Å². The number of β-lactam (4-membered cyclic amide) rings is 1. The highest BCUT2D eigenvalue weighted by Crippen LogP contribution is 2.40. The second kappa shape index (κ2) is 9.75. The van der Waals surface area contributed by atoms with E-state index in [1.807, 2.05) is 0 Å². The number of nitrogens with one attached hydrogen (secondary N) is 1. The number of hydrogen-bond donors (Lipinski definition) is 3. The minimum Gasteiger partial charge on any atom is -0.477 e. The molecule has 0 radical (unpaired) electrons. The van der Waals surface area contributed by atoms with Crippen LogP contribution < -0.4 is 15.6 Å². The largest absolute Gasteiger partial charge is 0.477 e. The quantitative estimate of drug-likeness (QED) is 0.111. The van der Waals surface area contributed by atoms with Crippen molar-refractivity contribution in [3.05, 3.63) is 63.2 Å². The van der Waals surface area contributed by atoms with Gasteiger partial charge in [-0.15, -0.1) is 23.1 Å². The monoisotopic (exact) mass is 559 g/mol. The van der Waals surface area contributed by atoms with Crippen molar-refractivity contribution >= 4 is 63.1 Å². The number of carbonyl (C=O) groups is 3. The minimum atomic E-state index is -1.27. The third-order valence-corrected chi connectivity index (χ3v) is 7.91. The number of thiazole rings is 1. The summed E-state index contributed by atoms with van der Waals surface area (Å²) < 4.78 is 3.09. The lowest BCUT2D eigenvalue weighted by atomic mass is 10.0. The second-order valence-electron chi connectivity index (χ2n) is 8.15. The van der Waals surface area contributed by atoms with Gasteiger partial charge in [0.1, 0.15) is 29.9 Å². The van der Waals surface area contributed by atoms with E-state index >= 15 is 0 Å². The van der Waals surface area contributed by atoms with Crippen molar-refractivity contribution in [3.63, 3.8) is 0 Å². The third kappa shape index (κ3) is 4.30. The molecule has 17 heteroatoms. The van der Waals surface area contributed by atoms with Crippen molar-refractivity contribution in [2.45, 2.75) is 18.0 Å². The molecule has 3 aromatic rings. The molecule has 3 aromatic heterocycles. The minimum absolute atomic E-state index is 0.0927. The van der Waals surface area contributed by atoms with Gasteiger partial charge >= 0.3 is 11.8 Å². The molecule has 0 unspecified atom stereocenters. The Kier molecular flexibility index (Phi) is 6.45. The van der Waals surface area contributed by atoms with Crippen LogP contribution in [0.2, 0.25) is 0 Å². The van der Waals surface area contributed by atoms with Gasteiger partial charge in [0, 0.05) is 22.8 Å². The highest BCUT2D eigenvalue weighted by molar-refractivity contribution is 8.00. The number of oxime groups is 1. The lowest BCUT2D eigenvalue weighted by Crippen LogP contribution is -2.71. The number of carbonyl (C=O) groups excluding carboxylic acids is 2. The molecule has 2 atom stereocenters. The molecule has 0 spiro atoms. The van der Waals surface area contributed by atoms with Crippen molar-refractivity contribution in [2.75, 3.05) is 18.6 Å². The van der Waals surface area contributed by atoms with E-state index in [0.29, 0.717) is 11.1 Å². The Bertz CT molecular complexity index is 1560. The number of nitrogens with zero attached hydrogens (tertiary/aromatic N) is 6. The average molecular weight is 560 g/mol. The molecule has 5 heterocycles. The summed E-state index contributed by atoms with van der Waals surface area (Å²) in [6.07, 6.45) is 4.76. The fourth-order valence-corrected chi connectivity index (χ4v) is 6.14. The van der Waals surface area contributed by atoms with E-state index in [4.69, 9.17) is 10.6 Å². The molecule has 0 bridgehead atoms. The fourth-order valence-electron chi connectivity index (χ4n) is 4.26. The summed E-state index contributed by atoms with van der Waals surface area (Å²) in [6.45, 7) is 0.146. The number of anilines is 1. The smallest absolute Gasteiger partial charge is 0.352 e. The highest BCUT2D eigenvalue weighted by Gasteiger charge is 2.54. The van der Waals surface area contributed by atoms with Gasteiger partial charge in [-0.25, -0.2) is 9.78 Å². The first-order valence-corrected chi connectivity index (χ1v) is 12.8. The molecular weight excluding hydrogens is 540 g/mol. The van der Waals surface area contributed by atoms with Crippen LogP contribution in [0.3, 0.4) is 0 Å². The normalized spacial score (nSPS) is 19.2. The van der Waals surface area contributed by atoms with Gasteiger partial charge in [0.25, 0.3) is 11.8 Å². The van der Waals surface area contributed by atoms with Crippen molar-refractivity contribution in [1.29, 1.82) is 0 Å². The molecule has 1 fully saturated rings. The topological polar surface area (TPSA) is 199 Å². The van der Waals surface area contributed by atoms with Crippen LogP contribution in [-0.2, 0) is 25.8 Å². The van der Waals surface area contributed by atoms with E-state index in [-0.39, 0.29) is 40.3 Å². The number of nitro groups is 1. The molecule has 0 aliphatic carbocycles. The Morgan fingerprint density at radius 2 is 2.24 bits per heavy atom. The van der Waals surface area contributed by atoms with Crippen molar-refractivity contribution in [2.24, 2.45) is 5.16 Å². The second-order valence-corrected chi connectivity index (χ2v) is 10.1. The Labute approximate surface area is 221 Å². The number of amides is 2. The van der Waals surface area contributed by atoms with Gasteiger partial charge in [-0.2, -0.15) is 8.97 Å². The highest BCUT2D eigenvalue weighted by atomic mass is 32.2. The Morgan fingerprint density at radius 1 is 1.45 bits per heavy atom. The Hall–Kier alpha value is -4.51. The molecule has 196 valence electrons. The molecule has 15 nitrogen and oxygen atoms in total. The van der Waals surface area contributed by atoms with E-state index in [1.54, 1.807) is 23.0 Å². The first-order chi connectivity index (χ1) is 18.2. The number of carboxylic acid groups (broad SMARTS) is 1. The van der Waals surface area contributed by atoms with Crippen LogP contribution in [0.1, 0.15) is 5.69 Å². The summed E-state index contributed by atoms with van der Waals surface area (Å²) in [5.41, 5.74) is 6.53. The maximum atomic E-state index is 13.0. The molecule has 0 aromatic carbocycles. The summed E-state index contributed by atoms with van der Waals surface area (Å²) >= 11 is 2.42. The summed E-state index contributed by atoms with van der Waals surface area (Å²) in [7, 11) is 1.26. The van der Waals surface area contributed by atoms with E-state index in [0.717, 1.165) is 16.2 Å². The number of rotatable bonds is 8. The van der Waals surface area contributed by atoms with Gasteiger partial charge in [-0.3, -0.25) is 14.5 Å². The van der Waals surface area contributed by atoms with Crippen LogP contribution in [-0.4, -0.2) is 72.1 Å². The third-order valence-electron chi connectivity index (χ3n) is 5.89. The number of nitrogen functional groups attached to an aromatic ring is 1. The molecule has 2 aliphatic heterocycles. The summed E-state index contributed by atoms with van der Waals surface area (Å²) in [4.78, 5) is 58.7. The molecule has 5 rings (SSSR count). The van der Waals surface area contributed by atoms with Crippen LogP contribution in [0.5, 0.6) is 0 Å². The number of hydrogen-bond acceptors (Lipinski definition) is 11. The lowest BCUT2D eigenvalue weighted by molar-refractivity contribution is -0.688. The average Bonchev–Trinajstić information content (AvgIpc) is 3.51. The van der Waals surface area contributed by atoms with Crippen molar-refractivity contribution < 1.29 is 33.8 Å². The number of aromatic nitrogens is 3. The molecule has 1 saturated heterocycles. The maximum absolute atomic E-state index is 13.0. The Balaban J connectivity index is 1.36. The Morgan fingerprint density at radius 3 is 2.89 bits per heavy atom. The summed E-state index contributed by atoms with van der Waals surface area (Å²) in [6, 6.07) is 1.98. The zero-order chi connectivity index (χ0) is 27.1. The van der Waals surface area contributed by atoms with Gasteiger partial charge in [-0.05, 0) is 11.0 Å². The van der Waals surface area contributed by atoms with Crippen LogP contribution in [0.25, 0.3) is 5.52 Å². The van der Waals surface area contributed by atoms with Crippen LogP contribution in [0, 0.1) is 10.1 Å². The predicted octanol–water partition coefficient (Wildman–Crippen LogP) is -0.0370. The number of thioether (sulfide) groups is 1. The van der Waals surface area contributed by atoms with Crippen molar-refractivity contribution in [1.82, 2.24) is 19.6 Å². The van der Waals surface area contributed by atoms with E-state index in [2.05, 4.69) is 15.5 Å².